The maximum absolute atomic E-state index is 13.9. The minimum absolute atomic E-state index is 0.0537. The Morgan fingerprint density at radius 1 is 0.875 bits per heavy atom. The van der Waals surface area contributed by atoms with E-state index < -0.39 is 29.8 Å². The van der Waals surface area contributed by atoms with Gasteiger partial charge in [-0.2, -0.15) is 26.3 Å². The van der Waals surface area contributed by atoms with Crippen molar-refractivity contribution < 1.29 is 35.9 Å². The number of piperidine rings is 1. The zero-order valence-corrected chi connectivity index (χ0v) is 26.8. The fourth-order valence-electron chi connectivity index (χ4n) is 6.32. The lowest BCUT2D eigenvalue weighted by Gasteiger charge is -2.34. The van der Waals surface area contributed by atoms with E-state index >= 15 is 0 Å². The number of alkyl halides is 6. The lowest BCUT2D eigenvalue weighted by atomic mass is 9.91. The van der Waals surface area contributed by atoms with Gasteiger partial charge in [0.25, 0.3) is 0 Å². The molecule has 9 nitrogen and oxygen atoms in total. The van der Waals surface area contributed by atoms with Crippen molar-refractivity contribution in [3.8, 4) is 0 Å². The molecule has 15 heteroatoms. The number of carbonyl (C=O) groups is 2. The van der Waals surface area contributed by atoms with Crippen LogP contribution in [0.4, 0.5) is 38.0 Å². The van der Waals surface area contributed by atoms with Gasteiger partial charge in [0.1, 0.15) is 11.6 Å². The maximum atomic E-state index is 13.9. The van der Waals surface area contributed by atoms with E-state index in [-0.39, 0.29) is 35.6 Å². The summed E-state index contributed by atoms with van der Waals surface area (Å²) in [6, 6.07) is 5.68. The van der Waals surface area contributed by atoms with Crippen LogP contribution in [0.1, 0.15) is 87.6 Å². The highest BCUT2D eigenvalue weighted by molar-refractivity contribution is 5.87. The number of hydrogen-bond acceptors (Lipinski definition) is 7. The first kappa shape index (κ1) is 36.9. The summed E-state index contributed by atoms with van der Waals surface area (Å²) < 4.78 is 80.3. The van der Waals surface area contributed by atoms with Crippen LogP contribution >= 0.6 is 0 Å². The molecule has 0 bridgehead atoms. The summed E-state index contributed by atoms with van der Waals surface area (Å²) >= 11 is 0. The van der Waals surface area contributed by atoms with Crippen LogP contribution in [0.15, 0.2) is 30.3 Å². The summed E-state index contributed by atoms with van der Waals surface area (Å²) in [5.41, 5.74) is 5.24. The number of anilines is 2. The first-order valence-corrected chi connectivity index (χ1v) is 16.5. The number of ketones is 1. The van der Waals surface area contributed by atoms with Crippen LogP contribution in [-0.4, -0.2) is 59.7 Å². The minimum atomic E-state index is -4.78. The van der Waals surface area contributed by atoms with Gasteiger partial charge in [0.05, 0.1) is 17.4 Å². The number of Topliss-reactive ketones (excluding diaryl/α,β-unsaturated/α-hetero) is 1. The number of carbonyl (C=O) groups excluding carboxylic acids is 2. The SMILES string of the molecule is N=C(N)CCCNC(=O)CCCC1CCN(c2cc(N3CCC[C@H]3C(=O)CCCc3ccc(C(F)(F)F)cc3)nc(C(F)(F)F)n2)CC1. The molecule has 1 aromatic heterocycles. The van der Waals surface area contributed by atoms with E-state index in [4.69, 9.17) is 11.1 Å². The Morgan fingerprint density at radius 3 is 2.21 bits per heavy atom. The number of nitrogens with one attached hydrogen (secondary N) is 2. The second-order valence-electron chi connectivity index (χ2n) is 12.6. The molecule has 2 aliphatic rings. The van der Waals surface area contributed by atoms with Gasteiger partial charge >= 0.3 is 12.4 Å². The highest BCUT2D eigenvalue weighted by atomic mass is 19.4. The second-order valence-corrected chi connectivity index (χ2v) is 12.6. The van der Waals surface area contributed by atoms with Gasteiger partial charge in [-0.1, -0.05) is 12.1 Å². The largest absolute Gasteiger partial charge is 0.451 e. The van der Waals surface area contributed by atoms with Crippen molar-refractivity contribution in [2.24, 2.45) is 11.7 Å². The fourth-order valence-corrected chi connectivity index (χ4v) is 6.32. The van der Waals surface area contributed by atoms with Crippen LogP contribution < -0.4 is 20.9 Å². The number of nitrogens with zero attached hydrogens (tertiary/aromatic N) is 4. The van der Waals surface area contributed by atoms with Crippen LogP contribution in [0.3, 0.4) is 0 Å². The Balaban J connectivity index is 1.32. The molecule has 0 spiro atoms. The molecule has 2 aliphatic heterocycles. The van der Waals surface area contributed by atoms with Crippen molar-refractivity contribution in [1.82, 2.24) is 15.3 Å². The van der Waals surface area contributed by atoms with Gasteiger partial charge in [-0.05, 0) is 81.4 Å². The van der Waals surface area contributed by atoms with Crippen LogP contribution in [0, 0.1) is 11.3 Å². The number of aromatic nitrogens is 2. The van der Waals surface area contributed by atoms with E-state index in [1.54, 1.807) is 4.90 Å². The third-order valence-corrected chi connectivity index (χ3v) is 8.94. The number of hydrogen-bond donors (Lipinski definition) is 3. The minimum Gasteiger partial charge on any atom is -0.388 e. The molecule has 48 heavy (non-hydrogen) atoms. The van der Waals surface area contributed by atoms with Crippen molar-refractivity contribution in [1.29, 1.82) is 5.41 Å². The smallest absolute Gasteiger partial charge is 0.388 e. The molecule has 4 N–H and O–H groups in total. The molecule has 0 aliphatic carbocycles. The average Bonchev–Trinajstić information content (AvgIpc) is 3.53. The maximum Gasteiger partial charge on any atom is 0.451 e. The van der Waals surface area contributed by atoms with Crippen LogP contribution in [0.5, 0.6) is 0 Å². The third kappa shape index (κ3) is 10.8. The van der Waals surface area contributed by atoms with E-state index in [1.807, 2.05) is 4.90 Å². The van der Waals surface area contributed by atoms with Crippen LogP contribution in [0.2, 0.25) is 0 Å². The zero-order valence-electron chi connectivity index (χ0n) is 26.8. The number of aryl methyl sites for hydroxylation is 1. The molecular weight excluding hydrogens is 640 g/mol. The van der Waals surface area contributed by atoms with Crippen LogP contribution in [-0.2, 0) is 28.4 Å². The Hall–Kier alpha value is -3.91. The summed E-state index contributed by atoms with van der Waals surface area (Å²) in [5.74, 6) is -0.812. The number of amides is 1. The van der Waals surface area contributed by atoms with Crippen molar-refractivity contribution in [3.63, 3.8) is 0 Å². The summed E-state index contributed by atoms with van der Waals surface area (Å²) in [6.45, 7) is 1.84. The third-order valence-electron chi connectivity index (χ3n) is 8.94. The first-order valence-electron chi connectivity index (χ1n) is 16.5. The molecule has 2 fully saturated rings. The van der Waals surface area contributed by atoms with E-state index in [0.29, 0.717) is 89.0 Å². The number of halogens is 6. The fraction of sp³-hybridized carbons (Fsp3) is 0.606. The van der Waals surface area contributed by atoms with Gasteiger partial charge in [0.2, 0.25) is 11.7 Å². The van der Waals surface area contributed by atoms with Gasteiger partial charge in [-0.25, -0.2) is 9.97 Å². The highest BCUT2D eigenvalue weighted by Gasteiger charge is 2.39. The van der Waals surface area contributed by atoms with E-state index in [2.05, 4.69) is 15.3 Å². The zero-order chi connectivity index (χ0) is 34.9. The van der Waals surface area contributed by atoms with Gasteiger partial charge in [-0.3, -0.25) is 15.0 Å². The number of amidine groups is 1. The molecule has 264 valence electrons. The molecular formula is C33H43F6N7O2. The molecule has 4 rings (SSSR count). The van der Waals surface area contributed by atoms with Gasteiger partial charge < -0.3 is 20.9 Å². The van der Waals surface area contributed by atoms with E-state index in [0.717, 1.165) is 31.4 Å². The van der Waals surface area contributed by atoms with Crippen LogP contribution in [0.25, 0.3) is 0 Å². The van der Waals surface area contributed by atoms with Gasteiger partial charge in [0.15, 0.2) is 5.78 Å². The van der Waals surface area contributed by atoms with E-state index in [9.17, 15) is 35.9 Å². The Labute approximate surface area is 276 Å². The number of nitrogens with two attached hydrogens (primary N) is 1. The Bertz CT molecular complexity index is 1390. The van der Waals surface area contributed by atoms with Crippen molar-refractivity contribution in [2.75, 3.05) is 36.0 Å². The van der Waals surface area contributed by atoms with Crippen molar-refractivity contribution in [3.05, 3.63) is 47.3 Å². The topological polar surface area (TPSA) is 128 Å². The molecule has 0 unspecified atom stereocenters. The summed E-state index contributed by atoms with van der Waals surface area (Å²) in [6.07, 6.45) is -2.74. The summed E-state index contributed by atoms with van der Waals surface area (Å²) in [7, 11) is 0. The van der Waals surface area contributed by atoms with Gasteiger partial charge in [-0.15, -0.1) is 0 Å². The quantitative estimate of drug-likeness (QED) is 0.0871. The molecule has 1 atom stereocenters. The molecule has 0 radical (unpaired) electrons. The van der Waals surface area contributed by atoms with Crippen molar-refractivity contribution in [2.45, 2.75) is 95.4 Å². The molecule has 1 aromatic carbocycles. The predicted molar refractivity (Wildman–Crippen MR) is 170 cm³/mol. The number of rotatable bonds is 15. The standard InChI is InChI=1S/C33H43F6N7O2/c34-32(35,36)24-13-11-22(12-14-24)5-1-8-26(47)25-7-4-18-46(25)29-21-28(43-31(44-29)33(37,38)39)45-19-15-23(16-20-45)6-2-10-30(48)42-17-3-9-27(40)41/h11-14,21,23,25H,1-10,15-20H2,(H3,40,41)(H,42,48)/t25-/m0/s1. The molecule has 0 saturated carbocycles. The molecule has 1 amide bonds. The normalized spacial score (nSPS) is 17.5. The predicted octanol–water partition coefficient (Wildman–Crippen LogP) is 6.29. The number of benzene rings is 1. The Morgan fingerprint density at radius 2 is 1.56 bits per heavy atom. The van der Waals surface area contributed by atoms with Crippen molar-refractivity contribution >= 4 is 29.2 Å². The highest BCUT2D eigenvalue weighted by Crippen LogP contribution is 2.35. The monoisotopic (exact) mass is 683 g/mol. The molecule has 2 aromatic rings. The lowest BCUT2D eigenvalue weighted by Crippen LogP contribution is -2.38. The second kappa shape index (κ2) is 16.5. The van der Waals surface area contributed by atoms with E-state index in [1.165, 1.54) is 18.2 Å². The summed E-state index contributed by atoms with van der Waals surface area (Å²) in [4.78, 5) is 36.4. The average molecular weight is 684 g/mol. The first-order chi connectivity index (χ1) is 22.7. The molecule has 3 heterocycles. The van der Waals surface area contributed by atoms with Gasteiger partial charge in [0, 0.05) is 51.5 Å². The Kier molecular flexibility index (Phi) is 12.7. The molecule has 2 saturated heterocycles. The summed E-state index contributed by atoms with van der Waals surface area (Å²) in [5, 5.41) is 10.0. The lowest BCUT2D eigenvalue weighted by molar-refractivity contribution is -0.144.